The van der Waals surface area contributed by atoms with Gasteiger partial charge in [0.15, 0.2) is 0 Å². The van der Waals surface area contributed by atoms with Gasteiger partial charge in [0.2, 0.25) is 0 Å². The molecular weight excluding hydrogens is 284 g/mol. The number of nitrogens with one attached hydrogen (secondary N) is 1. The average molecular weight is 294 g/mol. The summed E-state index contributed by atoms with van der Waals surface area (Å²) >= 11 is 2.93. The molecule has 0 spiro atoms. The van der Waals surface area contributed by atoms with Gasteiger partial charge in [-0.25, -0.2) is 13.6 Å². The second kappa shape index (κ2) is 5.25. The Hall–Kier alpha value is -1.17. The van der Waals surface area contributed by atoms with Gasteiger partial charge >= 0.3 is 5.97 Å². The van der Waals surface area contributed by atoms with Crippen LogP contribution in [0, 0.1) is 11.6 Å². The Labute approximate surface area is 99.9 Å². The number of methoxy groups -OCH3 is 1. The lowest BCUT2D eigenvalue weighted by atomic mass is 10.2. The Morgan fingerprint density at radius 3 is 2.62 bits per heavy atom. The van der Waals surface area contributed by atoms with Gasteiger partial charge in [-0.2, -0.15) is 0 Å². The van der Waals surface area contributed by atoms with E-state index in [1.54, 1.807) is 0 Å². The lowest BCUT2D eigenvalue weighted by Gasteiger charge is -2.13. The van der Waals surface area contributed by atoms with E-state index in [0.29, 0.717) is 0 Å². The van der Waals surface area contributed by atoms with Crippen LogP contribution in [0.15, 0.2) is 16.6 Å². The number of hydrogen-bond acceptors (Lipinski definition) is 3. The Bertz CT molecular complexity index is 412. The van der Waals surface area contributed by atoms with Crippen molar-refractivity contribution in [2.45, 2.75) is 13.0 Å². The minimum atomic E-state index is -0.767. The molecular formula is C10H10BrF2NO2. The fourth-order valence-corrected chi connectivity index (χ4v) is 1.45. The summed E-state index contributed by atoms with van der Waals surface area (Å²) in [5.74, 6) is -2.00. The van der Waals surface area contributed by atoms with Crippen LogP contribution in [0.3, 0.4) is 0 Å². The zero-order valence-electron chi connectivity index (χ0n) is 8.68. The van der Waals surface area contributed by atoms with E-state index in [2.05, 4.69) is 26.0 Å². The summed E-state index contributed by atoms with van der Waals surface area (Å²) in [5, 5.41) is 2.58. The fourth-order valence-electron chi connectivity index (χ4n) is 1.10. The molecule has 0 heterocycles. The number of carbonyl (C=O) groups is 1. The minimum Gasteiger partial charge on any atom is -0.467 e. The molecule has 0 aliphatic rings. The first-order chi connectivity index (χ1) is 7.45. The molecule has 6 heteroatoms. The van der Waals surface area contributed by atoms with Gasteiger partial charge in [-0.05, 0) is 28.9 Å². The smallest absolute Gasteiger partial charge is 0.327 e. The second-order valence-electron chi connectivity index (χ2n) is 3.14. The molecule has 0 aliphatic heterocycles. The van der Waals surface area contributed by atoms with Crippen LogP contribution in [0.2, 0.25) is 0 Å². The largest absolute Gasteiger partial charge is 0.467 e. The monoisotopic (exact) mass is 293 g/mol. The Morgan fingerprint density at radius 2 is 2.06 bits per heavy atom. The van der Waals surface area contributed by atoms with Crippen molar-refractivity contribution in [3.8, 4) is 0 Å². The third kappa shape index (κ3) is 2.91. The van der Waals surface area contributed by atoms with Crippen LogP contribution in [-0.2, 0) is 9.53 Å². The zero-order valence-corrected chi connectivity index (χ0v) is 10.3. The summed E-state index contributed by atoms with van der Waals surface area (Å²) in [5.41, 5.74) is 0.0335. The summed E-state index contributed by atoms with van der Waals surface area (Å²) in [6.45, 7) is 1.52. The quantitative estimate of drug-likeness (QED) is 0.688. The van der Waals surface area contributed by atoms with Crippen LogP contribution >= 0.6 is 15.9 Å². The van der Waals surface area contributed by atoms with Crippen molar-refractivity contribution in [2.75, 3.05) is 12.4 Å². The van der Waals surface area contributed by atoms with E-state index >= 15 is 0 Å². The molecule has 0 fully saturated rings. The normalized spacial score (nSPS) is 12.1. The van der Waals surface area contributed by atoms with E-state index < -0.39 is 23.6 Å². The van der Waals surface area contributed by atoms with E-state index in [4.69, 9.17) is 0 Å². The van der Waals surface area contributed by atoms with Gasteiger partial charge in [0.25, 0.3) is 0 Å². The number of carbonyl (C=O) groups excluding carboxylic acids is 1. The maximum absolute atomic E-state index is 13.3. The topological polar surface area (TPSA) is 38.3 Å². The predicted molar refractivity (Wildman–Crippen MR) is 59.2 cm³/mol. The van der Waals surface area contributed by atoms with Gasteiger partial charge < -0.3 is 10.1 Å². The van der Waals surface area contributed by atoms with Gasteiger partial charge in [-0.3, -0.25) is 0 Å². The summed E-state index contributed by atoms with van der Waals surface area (Å²) in [7, 11) is 1.23. The van der Waals surface area contributed by atoms with E-state index in [9.17, 15) is 13.6 Å². The van der Waals surface area contributed by atoms with E-state index in [-0.39, 0.29) is 10.2 Å². The summed E-state index contributed by atoms with van der Waals surface area (Å²) in [6.07, 6.45) is 0. The molecule has 0 radical (unpaired) electrons. The standard InChI is InChI=1S/C10H10BrF2NO2/c1-5(10(15)16-2)14-9-3-6(11)7(12)4-8(9)13/h3-5,14H,1-2H3. The second-order valence-corrected chi connectivity index (χ2v) is 3.99. The predicted octanol–water partition coefficient (Wildman–Crippen LogP) is 2.70. The molecule has 3 nitrogen and oxygen atoms in total. The Morgan fingerprint density at radius 1 is 1.44 bits per heavy atom. The third-order valence-electron chi connectivity index (χ3n) is 1.94. The van der Waals surface area contributed by atoms with Crippen molar-refractivity contribution >= 4 is 27.6 Å². The van der Waals surface area contributed by atoms with Crippen molar-refractivity contribution in [3.05, 3.63) is 28.2 Å². The molecule has 88 valence electrons. The highest BCUT2D eigenvalue weighted by molar-refractivity contribution is 9.10. The molecule has 1 unspecified atom stereocenters. The number of rotatable bonds is 3. The maximum atomic E-state index is 13.3. The molecule has 1 atom stereocenters. The first kappa shape index (κ1) is 12.9. The van der Waals surface area contributed by atoms with Crippen LogP contribution in [0.1, 0.15) is 6.92 Å². The lowest BCUT2D eigenvalue weighted by Crippen LogP contribution is -2.27. The zero-order chi connectivity index (χ0) is 12.3. The van der Waals surface area contributed by atoms with Crippen molar-refractivity contribution in [1.29, 1.82) is 0 Å². The van der Waals surface area contributed by atoms with Crippen LogP contribution < -0.4 is 5.32 Å². The van der Waals surface area contributed by atoms with Crippen LogP contribution in [-0.4, -0.2) is 19.1 Å². The molecule has 1 aromatic carbocycles. The van der Waals surface area contributed by atoms with Crippen LogP contribution in [0.5, 0.6) is 0 Å². The molecule has 16 heavy (non-hydrogen) atoms. The number of esters is 1. The van der Waals surface area contributed by atoms with Gasteiger partial charge in [-0.15, -0.1) is 0 Å². The van der Waals surface area contributed by atoms with E-state index in [0.717, 1.165) is 6.07 Å². The molecule has 0 bridgehead atoms. The molecule has 1 rings (SSSR count). The SMILES string of the molecule is COC(=O)C(C)Nc1cc(Br)c(F)cc1F. The van der Waals surface area contributed by atoms with Crippen LogP contribution in [0.4, 0.5) is 14.5 Å². The Balaban J connectivity index is 2.89. The van der Waals surface area contributed by atoms with Crippen LogP contribution in [0.25, 0.3) is 0 Å². The average Bonchev–Trinajstić information content (AvgIpc) is 2.24. The van der Waals surface area contributed by atoms with Gasteiger partial charge in [0.05, 0.1) is 17.3 Å². The lowest BCUT2D eigenvalue weighted by molar-refractivity contribution is -0.141. The molecule has 0 saturated carbocycles. The van der Waals surface area contributed by atoms with Gasteiger partial charge in [-0.1, -0.05) is 0 Å². The number of ether oxygens (including phenoxy) is 1. The van der Waals surface area contributed by atoms with Crippen molar-refractivity contribution in [2.24, 2.45) is 0 Å². The van der Waals surface area contributed by atoms with E-state index in [1.165, 1.54) is 20.1 Å². The highest BCUT2D eigenvalue weighted by Crippen LogP contribution is 2.24. The summed E-state index contributed by atoms with van der Waals surface area (Å²) < 4.78 is 30.8. The number of halogens is 3. The molecule has 0 aliphatic carbocycles. The van der Waals surface area contributed by atoms with Crippen molar-refractivity contribution < 1.29 is 18.3 Å². The maximum Gasteiger partial charge on any atom is 0.327 e. The molecule has 1 N–H and O–H groups in total. The van der Waals surface area contributed by atoms with Crippen molar-refractivity contribution in [1.82, 2.24) is 0 Å². The summed E-state index contributed by atoms with van der Waals surface area (Å²) in [4.78, 5) is 11.1. The number of anilines is 1. The molecule has 0 saturated heterocycles. The number of benzene rings is 1. The Kier molecular flexibility index (Phi) is 4.23. The molecule has 1 aromatic rings. The van der Waals surface area contributed by atoms with Gasteiger partial charge in [0, 0.05) is 6.07 Å². The van der Waals surface area contributed by atoms with Gasteiger partial charge in [0.1, 0.15) is 17.7 Å². The first-order valence-electron chi connectivity index (χ1n) is 4.44. The third-order valence-corrected chi connectivity index (χ3v) is 2.54. The first-order valence-corrected chi connectivity index (χ1v) is 5.24. The fraction of sp³-hybridized carbons (Fsp3) is 0.300. The number of hydrogen-bond donors (Lipinski definition) is 1. The molecule has 0 aromatic heterocycles. The molecule has 0 amide bonds. The summed E-state index contributed by atoms with van der Waals surface area (Å²) in [6, 6.07) is 1.25. The highest BCUT2D eigenvalue weighted by Gasteiger charge is 2.16. The van der Waals surface area contributed by atoms with E-state index in [1.807, 2.05) is 0 Å². The highest BCUT2D eigenvalue weighted by atomic mass is 79.9. The van der Waals surface area contributed by atoms with Crippen molar-refractivity contribution in [3.63, 3.8) is 0 Å². The minimum absolute atomic E-state index is 0.0335.